The Kier molecular flexibility index (Phi) is 4.53. The maximum atomic E-state index is 3.65. The molecule has 0 saturated carbocycles. The van der Waals surface area contributed by atoms with Gasteiger partial charge < -0.3 is 0 Å². The molecule has 0 nitrogen and oxygen atoms in total. The molecule has 37 heavy (non-hydrogen) atoms. The van der Waals surface area contributed by atoms with Gasteiger partial charge in [0, 0.05) is 16.7 Å². The fourth-order valence-electron chi connectivity index (χ4n) is 5.47. The van der Waals surface area contributed by atoms with Crippen LogP contribution < -0.4 is 9.06 Å². The van der Waals surface area contributed by atoms with Crippen molar-refractivity contribution in [3.05, 3.63) is 68.7 Å². The summed E-state index contributed by atoms with van der Waals surface area (Å²) in [5.41, 5.74) is 14.2. The second-order valence-electron chi connectivity index (χ2n) is 10.5. The summed E-state index contributed by atoms with van der Waals surface area (Å²) < 4.78 is 11.4. The fourth-order valence-corrected chi connectivity index (χ4v) is 12.2. The normalized spacial score (nSPS) is 13.4. The van der Waals surface area contributed by atoms with Gasteiger partial charge >= 0.3 is 0 Å². The van der Waals surface area contributed by atoms with Crippen LogP contribution in [0.5, 0.6) is 0 Å². The van der Waals surface area contributed by atoms with Crippen molar-refractivity contribution in [2.45, 2.75) is 26.6 Å². The van der Waals surface area contributed by atoms with E-state index in [9.17, 15) is 0 Å². The number of hydrogen-bond donors (Lipinski definition) is 0. The number of thiophene rings is 4. The van der Waals surface area contributed by atoms with E-state index in [0.717, 1.165) is 0 Å². The Balaban J connectivity index is 1.46. The average Bonchev–Trinajstić information content (AvgIpc) is 3.66. The molecule has 0 fully saturated rings. The molecular weight excluding hydrogens is 541 g/mol. The zero-order chi connectivity index (χ0) is 25.1. The van der Waals surface area contributed by atoms with Crippen molar-refractivity contribution < 1.29 is 0 Å². The van der Waals surface area contributed by atoms with Gasteiger partial charge in [0.05, 0.1) is 42.8 Å². The highest BCUT2D eigenvalue weighted by atomic mass is 32.1. The van der Waals surface area contributed by atoms with Gasteiger partial charge in [0.15, 0.2) is 0 Å². The first-order chi connectivity index (χ1) is 17.9. The third-order valence-corrected chi connectivity index (χ3v) is 13.4. The van der Waals surface area contributed by atoms with Crippen LogP contribution in [-0.4, -0.2) is 8.07 Å². The van der Waals surface area contributed by atoms with E-state index in [1.165, 1.54) is 81.8 Å². The van der Waals surface area contributed by atoms with Gasteiger partial charge in [-0.2, -0.15) is 0 Å². The minimum Gasteiger partial charge on any atom is -0.131 e. The summed E-state index contributed by atoms with van der Waals surface area (Å²) in [5.74, 6) is 10.2. The Bertz CT molecular complexity index is 2250. The second-order valence-corrected chi connectivity index (χ2v) is 19.3. The van der Waals surface area contributed by atoms with Crippen LogP contribution in [0.1, 0.15) is 18.1 Å². The lowest BCUT2D eigenvalue weighted by Crippen LogP contribution is -2.16. The predicted molar refractivity (Wildman–Crippen MR) is 170 cm³/mol. The van der Waals surface area contributed by atoms with E-state index >= 15 is 0 Å². The quantitative estimate of drug-likeness (QED) is 0.129. The summed E-state index contributed by atoms with van der Waals surface area (Å²) in [7, 11) is -1.48. The van der Waals surface area contributed by atoms with E-state index in [-0.39, 0.29) is 0 Å². The van der Waals surface area contributed by atoms with Crippen molar-refractivity contribution >= 4 is 92.8 Å². The zero-order valence-electron chi connectivity index (χ0n) is 20.8. The number of fused-ring (bicyclic) bond motifs is 13. The molecule has 4 aromatic heterocycles. The molecule has 0 atom stereocenters. The summed E-state index contributed by atoms with van der Waals surface area (Å²) in [6.45, 7) is 8.90. The van der Waals surface area contributed by atoms with Gasteiger partial charge in [-0.25, -0.2) is 0 Å². The Hall–Kier alpha value is -2.90. The van der Waals surface area contributed by atoms with Gasteiger partial charge in [-0.1, -0.05) is 80.0 Å². The average molecular weight is 561 g/mol. The molecule has 0 bridgehead atoms. The van der Waals surface area contributed by atoms with Gasteiger partial charge in [-0.3, -0.25) is 0 Å². The molecule has 6 aromatic rings. The monoisotopic (exact) mass is 560 g/mol. The van der Waals surface area contributed by atoms with Crippen LogP contribution in [0.25, 0.3) is 61.6 Å². The maximum absolute atomic E-state index is 3.65. The molecule has 0 N–H and O–H groups in total. The third-order valence-electron chi connectivity index (χ3n) is 6.95. The molecule has 8 rings (SSSR count). The smallest absolute Gasteiger partial charge is 0.129 e. The Labute approximate surface area is 232 Å². The summed E-state index contributed by atoms with van der Waals surface area (Å²) in [6, 6.07) is 17.6. The third kappa shape index (κ3) is 2.95. The molecular formula is C32H20S4Si. The second kappa shape index (κ2) is 7.57. The Morgan fingerprint density at radius 2 is 0.973 bits per heavy atom. The van der Waals surface area contributed by atoms with Crippen molar-refractivity contribution in [3.63, 3.8) is 0 Å². The van der Waals surface area contributed by atoms with E-state index in [4.69, 9.17) is 0 Å². The van der Waals surface area contributed by atoms with Crippen molar-refractivity contribution in [3.8, 4) is 45.6 Å². The highest BCUT2D eigenvalue weighted by Crippen LogP contribution is 2.53. The van der Waals surface area contributed by atoms with Gasteiger partial charge in [0.2, 0.25) is 0 Å². The Morgan fingerprint density at radius 1 is 0.541 bits per heavy atom. The highest BCUT2D eigenvalue weighted by Gasteiger charge is 2.30. The Morgan fingerprint density at radius 3 is 1.43 bits per heavy atom. The largest absolute Gasteiger partial charge is 0.131 e. The molecule has 4 heterocycles. The van der Waals surface area contributed by atoms with Crippen molar-refractivity contribution in [1.29, 1.82) is 0 Å². The van der Waals surface area contributed by atoms with Crippen LogP contribution in [0, 0.1) is 23.3 Å². The van der Waals surface area contributed by atoms with Gasteiger partial charge in [0.1, 0.15) is 8.07 Å². The summed E-state index contributed by atoms with van der Waals surface area (Å²) >= 11 is 7.86. The van der Waals surface area contributed by atoms with E-state index in [0.29, 0.717) is 0 Å². The van der Waals surface area contributed by atoms with Crippen molar-refractivity contribution in [2.24, 2.45) is 0 Å². The summed E-state index contributed by atoms with van der Waals surface area (Å²) in [6.07, 6.45) is 0. The SMILES string of the molecule is CC#CC1=c2sc3c(sc4c5sc6c(c5sc34)-c3ccccc3C=6C#C[Si](C)(C)C)c2-c2ccccc21. The topological polar surface area (TPSA) is 0 Å². The summed E-state index contributed by atoms with van der Waals surface area (Å²) in [4.78, 5) is 0. The lowest BCUT2D eigenvalue weighted by atomic mass is 10.0. The molecule has 176 valence electrons. The molecule has 0 radical (unpaired) electrons. The first-order valence-corrected chi connectivity index (χ1v) is 19.1. The van der Waals surface area contributed by atoms with E-state index in [1.807, 2.05) is 52.3 Å². The minimum atomic E-state index is -1.48. The number of hydrogen-bond acceptors (Lipinski definition) is 4. The molecule has 0 unspecified atom stereocenters. The van der Waals surface area contributed by atoms with Crippen LogP contribution in [0.4, 0.5) is 0 Å². The molecule has 2 aliphatic rings. The summed E-state index contributed by atoms with van der Waals surface area (Å²) in [5, 5.41) is 0. The molecule has 0 aliphatic heterocycles. The first kappa shape index (κ1) is 22.1. The lowest BCUT2D eigenvalue weighted by Gasteiger charge is -2.04. The van der Waals surface area contributed by atoms with Gasteiger partial charge in [-0.05, 0) is 29.2 Å². The van der Waals surface area contributed by atoms with E-state index in [2.05, 4.69) is 91.5 Å². The van der Waals surface area contributed by atoms with Crippen molar-refractivity contribution in [2.75, 3.05) is 0 Å². The molecule has 5 heteroatoms. The van der Waals surface area contributed by atoms with Crippen LogP contribution in [0.2, 0.25) is 19.6 Å². The molecule has 0 spiro atoms. The minimum absolute atomic E-state index is 1.20. The van der Waals surface area contributed by atoms with E-state index in [1.54, 1.807) is 0 Å². The molecule has 0 amide bonds. The predicted octanol–water partition coefficient (Wildman–Crippen LogP) is 8.66. The fraction of sp³-hybridized carbons (Fsp3) is 0.125. The van der Waals surface area contributed by atoms with Gasteiger partial charge in [-0.15, -0.1) is 56.8 Å². The number of benzene rings is 2. The number of rotatable bonds is 0. The lowest BCUT2D eigenvalue weighted by molar-refractivity contribution is 1.66. The zero-order valence-corrected chi connectivity index (χ0v) is 25.0. The van der Waals surface area contributed by atoms with Crippen LogP contribution in [-0.2, 0) is 0 Å². The van der Waals surface area contributed by atoms with Crippen molar-refractivity contribution in [1.82, 2.24) is 0 Å². The van der Waals surface area contributed by atoms with E-state index < -0.39 is 8.07 Å². The molecule has 2 aliphatic carbocycles. The standard InChI is InChI=1S/C32H20S4Si/c1-5-10-21-17-11-6-8-13-19(17)23-25(21)33-29-27(23)35-32-30-28(36-31(29)32)24-20-14-9-7-12-18(20)22(26(24)34-30)15-16-37(2,3)4/h6-9,11-14H,1-4H3. The van der Waals surface area contributed by atoms with Crippen LogP contribution in [0.15, 0.2) is 48.5 Å². The van der Waals surface area contributed by atoms with Crippen LogP contribution >= 0.6 is 45.3 Å². The maximum Gasteiger partial charge on any atom is 0.129 e. The van der Waals surface area contributed by atoms with Crippen LogP contribution in [0.3, 0.4) is 0 Å². The molecule has 0 saturated heterocycles. The molecule has 2 aromatic carbocycles. The first-order valence-electron chi connectivity index (χ1n) is 12.3. The van der Waals surface area contributed by atoms with Gasteiger partial charge in [0.25, 0.3) is 0 Å². The highest BCUT2D eigenvalue weighted by molar-refractivity contribution is 7.44.